The van der Waals surface area contributed by atoms with Gasteiger partial charge in [-0.25, -0.2) is 0 Å². The van der Waals surface area contributed by atoms with Crippen LogP contribution in [0, 0.1) is 17.8 Å². The molecule has 0 aromatic carbocycles. The van der Waals surface area contributed by atoms with Crippen LogP contribution in [0.3, 0.4) is 0 Å². The van der Waals surface area contributed by atoms with Gasteiger partial charge in [0.15, 0.2) is 0 Å². The van der Waals surface area contributed by atoms with Crippen LogP contribution in [0.1, 0.15) is 61.3 Å². The summed E-state index contributed by atoms with van der Waals surface area (Å²) >= 11 is -6.76. The summed E-state index contributed by atoms with van der Waals surface area (Å²) in [6.07, 6.45) is 42.6. The number of hydrogen-bond acceptors (Lipinski definition) is 3. The molecule has 42 heavy (non-hydrogen) atoms. The number of hydrogen-bond donors (Lipinski definition) is 0. The topological polar surface area (TPSA) is 9.72 Å². The predicted molar refractivity (Wildman–Crippen MR) is 184 cm³/mol. The molecule has 0 aromatic heterocycles. The molecule has 233 valence electrons. The zero-order valence-corrected chi connectivity index (χ0v) is 30.8. The third kappa shape index (κ3) is 2.00. The maximum absolute atomic E-state index is 6.76. The molecule has 4 aliphatic rings. The van der Waals surface area contributed by atoms with Gasteiger partial charge in [0.2, 0.25) is 0 Å². The van der Waals surface area contributed by atoms with Crippen LogP contribution in [-0.4, -0.2) is 52.4 Å². The standard InChI is InChI=1S/4C8H11.3C2H6N.Ti/c3*1-7(2)8-5-3-4-6-8;1-2-5-8-6-3-4-7-8;3*1-3-2;/h3*3-7H,1-2H3;3-4,6-7H,2,5H2,1H3;3*1-2H3;/q;;;;3*-1;+3. The van der Waals surface area contributed by atoms with E-state index in [2.05, 4.69) is 198 Å². The molecule has 0 spiro atoms. The zero-order valence-electron chi connectivity index (χ0n) is 29.2. The average Bonchev–Trinajstić information content (AvgIpc) is 3.74. The Bertz CT molecular complexity index is 1180. The summed E-state index contributed by atoms with van der Waals surface area (Å²) in [5.41, 5.74) is 0. The van der Waals surface area contributed by atoms with Crippen molar-refractivity contribution in [2.24, 2.45) is 17.8 Å². The van der Waals surface area contributed by atoms with E-state index in [1.807, 2.05) is 0 Å². The van der Waals surface area contributed by atoms with E-state index >= 15 is 0 Å². The molecule has 0 bridgehead atoms. The van der Waals surface area contributed by atoms with Crippen LogP contribution in [0.5, 0.6) is 0 Å². The fraction of sp³-hybridized carbons (Fsp3) is 0.579. The van der Waals surface area contributed by atoms with Gasteiger partial charge in [-0.15, -0.1) is 0 Å². The van der Waals surface area contributed by atoms with Gasteiger partial charge in [0.05, 0.1) is 0 Å². The van der Waals surface area contributed by atoms with Crippen LogP contribution in [0.15, 0.2) is 97.2 Å². The Labute approximate surface area is 256 Å². The fourth-order valence-corrected chi connectivity index (χ4v) is 58.8. The summed E-state index contributed by atoms with van der Waals surface area (Å²) in [5, 5.41) is 0. The first-order valence-corrected chi connectivity index (χ1v) is 21.8. The molecule has 0 atom stereocenters. The Morgan fingerprint density at radius 1 is 0.452 bits per heavy atom. The quantitative estimate of drug-likeness (QED) is 0.204. The average molecular weight is 609 g/mol. The molecule has 0 heterocycles. The Balaban J connectivity index is 2.90. The van der Waals surface area contributed by atoms with Crippen LogP contribution < -0.4 is 0 Å². The monoisotopic (exact) mass is 608 g/mol. The van der Waals surface area contributed by atoms with Crippen molar-refractivity contribution < 1.29 is 13.5 Å². The van der Waals surface area contributed by atoms with Crippen LogP contribution in [0.25, 0.3) is 0 Å². The van der Waals surface area contributed by atoms with Crippen molar-refractivity contribution >= 4 is 0 Å². The molecule has 0 saturated carbocycles. The third-order valence-corrected chi connectivity index (χ3v) is 48.9. The molecule has 0 aromatic rings. The third-order valence-electron chi connectivity index (χ3n) is 15.9. The first kappa shape index (κ1) is 33.4. The zero-order chi connectivity index (χ0) is 31.6. The minimum absolute atomic E-state index is 0.266. The van der Waals surface area contributed by atoms with Gasteiger partial charge in [-0.2, -0.15) is 0 Å². The molecule has 4 heteroatoms. The van der Waals surface area contributed by atoms with Crippen molar-refractivity contribution in [2.45, 2.75) is 76.2 Å². The van der Waals surface area contributed by atoms with Crippen molar-refractivity contribution in [1.29, 1.82) is 0 Å². The first-order chi connectivity index (χ1) is 19.6. The summed E-state index contributed by atoms with van der Waals surface area (Å²) in [7, 11) is 15.0. The van der Waals surface area contributed by atoms with Gasteiger partial charge in [0.25, 0.3) is 0 Å². The van der Waals surface area contributed by atoms with Crippen LogP contribution >= 0.6 is 0 Å². The molecule has 0 unspecified atom stereocenters. The molecular weight excluding hydrogens is 546 g/mol. The molecule has 0 N–H and O–H groups in total. The van der Waals surface area contributed by atoms with Gasteiger partial charge in [0, 0.05) is 0 Å². The van der Waals surface area contributed by atoms with E-state index in [0.717, 1.165) is 12.8 Å². The van der Waals surface area contributed by atoms with E-state index in [1.54, 1.807) is 0 Å². The molecule has 4 rings (SSSR count). The molecule has 0 saturated heterocycles. The molecule has 3 nitrogen and oxygen atoms in total. The van der Waals surface area contributed by atoms with Crippen molar-refractivity contribution in [2.75, 3.05) is 42.3 Å². The second-order valence-corrected chi connectivity index (χ2v) is 33.2. The molecule has 4 aliphatic carbocycles. The Kier molecular flexibility index (Phi) is 7.37. The van der Waals surface area contributed by atoms with Crippen LogP contribution in [0.4, 0.5) is 0 Å². The summed E-state index contributed by atoms with van der Waals surface area (Å²) in [6, 6.07) is 0. The van der Waals surface area contributed by atoms with E-state index < -0.39 is 24.7 Å². The van der Waals surface area contributed by atoms with Gasteiger partial charge in [-0.1, -0.05) is 0 Å². The second-order valence-electron chi connectivity index (χ2n) is 16.0. The maximum atomic E-state index is 2.94. The van der Waals surface area contributed by atoms with Gasteiger partial charge in [0.1, 0.15) is 0 Å². The van der Waals surface area contributed by atoms with Crippen molar-refractivity contribution in [3.63, 3.8) is 0 Å². The van der Waals surface area contributed by atoms with Crippen molar-refractivity contribution in [1.82, 2.24) is 10.1 Å². The summed E-state index contributed by atoms with van der Waals surface area (Å²) < 4.78 is 7.22. The second kappa shape index (κ2) is 9.27. The summed E-state index contributed by atoms with van der Waals surface area (Å²) in [6.45, 7) is 17.4. The molecule has 0 aliphatic heterocycles. The normalized spacial score (nSPS) is 25.3. The van der Waals surface area contributed by atoms with Gasteiger partial charge < -0.3 is 0 Å². The minimum atomic E-state index is -6.76. The van der Waals surface area contributed by atoms with Crippen molar-refractivity contribution in [3.8, 4) is 0 Å². The fourth-order valence-electron chi connectivity index (χ4n) is 16.7. The molecule has 0 radical (unpaired) electrons. The summed E-state index contributed by atoms with van der Waals surface area (Å²) in [5.74, 6) is 0.799. The molecule has 0 fully saturated rings. The van der Waals surface area contributed by atoms with Crippen LogP contribution in [0.2, 0.25) is 14.9 Å². The molecular formula is C38H62N3Ti. The van der Waals surface area contributed by atoms with Gasteiger partial charge in [-0.3, -0.25) is 0 Å². The van der Waals surface area contributed by atoms with Crippen molar-refractivity contribution in [3.05, 3.63) is 97.2 Å². The predicted octanol–water partition coefficient (Wildman–Crippen LogP) is 10.1. The van der Waals surface area contributed by atoms with E-state index in [9.17, 15) is 0 Å². The first-order valence-electron chi connectivity index (χ1n) is 16.6. The Morgan fingerprint density at radius 3 is 0.881 bits per heavy atom. The van der Waals surface area contributed by atoms with E-state index in [4.69, 9.17) is 0 Å². The van der Waals surface area contributed by atoms with Gasteiger partial charge >= 0.3 is 257 Å². The number of nitrogens with zero attached hydrogens (tertiary/aromatic N) is 3. The van der Waals surface area contributed by atoms with E-state index in [-0.39, 0.29) is 21.5 Å². The summed E-state index contributed by atoms with van der Waals surface area (Å²) in [4.78, 5) is 0. The number of rotatable bonds is 12. The molecule has 0 amide bonds. The van der Waals surface area contributed by atoms with Gasteiger partial charge in [-0.05, 0) is 0 Å². The van der Waals surface area contributed by atoms with E-state index in [1.165, 1.54) is 0 Å². The number of allylic oxidation sites excluding steroid dienone is 16. The van der Waals surface area contributed by atoms with E-state index in [0.29, 0.717) is 0 Å². The Hall–Kier alpha value is -1.49. The SMILES string of the molecule is CCC[C]1([Ti]([N](C)C)([N](C)C)([N](C)C)([C]2(C(C)C)C=CC=C2)([C]2(C(C)C)C=CC=C2)[C]2(C(C)C)C=CC=C2)C=CC=C1. The Morgan fingerprint density at radius 2 is 0.690 bits per heavy atom. The van der Waals surface area contributed by atoms with Crippen LogP contribution in [-0.2, 0) is 13.5 Å².